The van der Waals surface area contributed by atoms with Gasteiger partial charge in [-0.1, -0.05) is 6.07 Å². The van der Waals surface area contributed by atoms with Crippen molar-refractivity contribution in [1.82, 2.24) is 9.97 Å². The monoisotopic (exact) mass is 228 g/mol. The first-order valence-electron chi connectivity index (χ1n) is 5.16. The summed E-state index contributed by atoms with van der Waals surface area (Å²) < 4.78 is 0. The number of nitrogens with two attached hydrogens (primary N) is 1. The number of pyridine rings is 2. The normalized spacial score (nSPS) is 9.94. The highest BCUT2D eigenvalue weighted by atomic mass is 16.1. The van der Waals surface area contributed by atoms with Crippen LogP contribution < -0.4 is 11.1 Å². The van der Waals surface area contributed by atoms with Crippen molar-refractivity contribution in [1.29, 1.82) is 0 Å². The number of amides is 1. The van der Waals surface area contributed by atoms with Gasteiger partial charge in [0.1, 0.15) is 5.69 Å². The second kappa shape index (κ2) is 5.18. The average molecular weight is 228 g/mol. The van der Waals surface area contributed by atoms with Crippen LogP contribution in [0.4, 0.5) is 5.69 Å². The Morgan fingerprint density at radius 3 is 2.76 bits per heavy atom. The zero-order valence-electron chi connectivity index (χ0n) is 9.13. The third-order valence-electron chi connectivity index (χ3n) is 2.21. The zero-order chi connectivity index (χ0) is 12.1. The Labute approximate surface area is 98.7 Å². The summed E-state index contributed by atoms with van der Waals surface area (Å²) in [6.07, 6.45) is 4.81. The molecule has 5 heteroatoms. The molecule has 17 heavy (non-hydrogen) atoms. The van der Waals surface area contributed by atoms with Gasteiger partial charge in [-0.2, -0.15) is 0 Å². The maximum Gasteiger partial charge on any atom is 0.274 e. The third-order valence-corrected chi connectivity index (χ3v) is 2.21. The summed E-state index contributed by atoms with van der Waals surface area (Å²) in [5, 5.41) is 2.70. The maximum atomic E-state index is 11.8. The van der Waals surface area contributed by atoms with Gasteiger partial charge in [0.15, 0.2) is 0 Å². The van der Waals surface area contributed by atoms with E-state index >= 15 is 0 Å². The van der Waals surface area contributed by atoms with Crippen LogP contribution in [0.25, 0.3) is 0 Å². The molecule has 0 unspecified atom stereocenters. The van der Waals surface area contributed by atoms with E-state index in [9.17, 15) is 4.79 Å². The van der Waals surface area contributed by atoms with Crippen molar-refractivity contribution in [3.63, 3.8) is 0 Å². The molecule has 0 aliphatic carbocycles. The Morgan fingerprint density at radius 1 is 1.29 bits per heavy atom. The van der Waals surface area contributed by atoms with Gasteiger partial charge >= 0.3 is 0 Å². The molecule has 0 aliphatic heterocycles. The number of carbonyl (C=O) groups is 1. The van der Waals surface area contributed by atoms with Crippen molar-refractivity contribution < 1.29 is 4.79 Å². The highest BCUT2D eigenvalue weighted by Gasteiger charge is 2.06. The predicted octanol–water partition coefficient (Wildman–Crippen LogP) is 1.19. The van der Waals surface area contributed by atoms with Gasteiger partial charge in [-0.15, -0.1) is 0 Å². The van der Waals surface area contributed by atoms with E-state index in [2.05, 4.69) is 15.3 Å². The number of hydrogen-bond donors (Lipinski definition) is 2. The minimum Gasteiger partial charge on any atom is -0.326 e. The summed E-state index contributed by atoms with van der Waals surface area (Å²) in [5.74, 6) is -0.262. The van der Waals surface area contributed by atoms with Gasteiger partial charge in [0.05, 0.1) is 11.9 Å². The van der Waals surface area contributed by atoms with Crippen LogP contribution in [-0.4, -0.2) is 15.9 Å². The average Bonchev–Trinajstić information content (AvgIpc) is 2.40. The first kappa shape index (κ1) is 11.2. The van der Waals surface area contributed by atoms with Crippen molar-refractivity contribution in [3.05, 3.63) is 54.1 Å². The Bertz CT molecular complexity index is 496. The summed E-state index contributed by atoms with van der Waals surface area (Å²) in [5.41, 5.74) is 7.34. The maximum absolute atomic E-state index is 11.8. The molecule has 86 valence electrons. The van der Waals surface area contributed by atoms with Gasteiger partial charge in [-0.05, 0) is 23.8 Å². The Morgan fingerprint density at radius 2 is 2.18 bits per heavy atom. The fourth-order valence-corrected chi connectivity index (χ4v) is 1.31. The van der Waals surface area contributed by atoms with Crippen molar-refractivity contribution in [2.75, 3.05) is 5.32 Å². The van der Waals surface area contributed by atoms with Crippen LogP contribution in [0.15, 0.2) is 42.9 Å². The van der Waals surface area contributed by atoms with Crippen molar-refractivity contribution >= 4 is 11.6 Å². The quantitative estimate of drug-likeness (QED) is 0.826. The van der Waals surface area contributed by atoms with Gasteiger partial charge < -0.3 is 11.1 Å². The number of anilines is 1. The second-order valence-electron chi connectivity index (χ2n) is 3.45. The Hall–Kier alpha value is -2.27. The number of nitrogens with one attached hydrogen (secondary N) is 1. The van der Waals surface area contributed by atoms with Crippen LogP contribution in [0.1, 0.15) is 16.1 Å². The van der Waals surface area contributed by atoms with Crippen molar-refractivity contribution in [3.8, 4) is 0 Å². The molecule has 0 radical (unpaired) electrons. The molecular weight excluding hydrogens is 216 g/mol. The molecule has 0 atom stereocenters. The molecule has 2 aromatic heterocycles. The summed E-state index contributed by atoms with van der Waals surface area (Å²) >= 11 is 0. The number of rotatable bonds is 3. The minimum atomic E-state index is -0.262. The lowest BCUT2D eigenvalue weighted by molar-refractivity contribution is 0.102. The molecule has 0 saturated heterocycles. The van der Waals surface area contributed by atoms with Gasteiger partial charge in [-0.25, -0.2) is 0 Å². The molecule has 0 aromatic carbocycles. The van der Waals surface area contributed by atoms with Gasteiger partial charge in [0.2, 0.25) is 0 Å². The molecule has 0 bridgehead atoms. The molecule has 2 aromatic rings. The molecule has 1 amide bonds. The summed E-state index contributed by atoms with van der Waals surface area (Å²) in [7, 11) is 0. The van der Waals surface area contributed by atoms with E-state index in [1.165, 1.54) is 0 Å². The lowest BCUT2D eigenvalue weighted by Crippen LogP contribution is -2.14. The van der Waals surface area contributed by atoms with Gasteiger partial charge in [0.25, 0.3) is 5.91 Å². The fourth-order valence-electron chi connectivity index (χ4n) is 1.31. The number of aromatic nitrogens is 2. The first-order chi connectivity index (χ1) is 8.29. The van der Waals surface area contributed by atoms with Crippen LogP contribution in [-0.2, 0) is 6.54 Å². The SMILES string of the molecule is NCc1ccc(C(=O)Nc2cccnc2)nc1. The lowest BCUT2D eigenvalue weighted by Gasteiger charge is -2.04. The smallest absolute Gasteiger partial charge is 0.274 e. The van der Waals surface area contributed by atoms with Crippen LogP contribution in [0.5, 0.6) is 0 Å². The van der Waals surface area contributed by atoms with Crippen molar-refractivity contribution in [2.45, 2.75) is 6.54 Å². The molecule has 0 spiro atoms. The van der Waals surface area contributed by atoms with Crippen LogP contribution in [0, 0.1) is 0 Å². The van der Waals surface area contributed by atoms with E-state index in [1.807, 2.05) is 0 Å². The minimum absolute atomic E-state index is 0.262. The molecule has 0 fully saturated rings. The first-order valence-corrected chi connectivity index (χ1v) is 5.16. The van der Waals surface area contributed by atoms with E-state index in [1.54, 1.807) is 42.9 Å². The van der Waals surface area contributed by atoms with Crippen LogP contribution in [0.3, 0.4) is 0 Å². The van der Waals surface area contributed by atoms with E-state index in [-0.39, 0.29) is 5.91 Å². The number of hydrogen-bond acceptors (Lipinski definition) is 4. The second-order valence-corrected chi connectivity index (χ2v) is 3.45. The molecule has 3 N–H and O–H groups in total. The summed E-state index contributed by atoms with van der Waals surface area (Å²) in [6.45, 7) is 0.414. The standard InChI is InChI=1S/C12H12N4O/c13-6-9-3-4-11(15-7-9)12(17)16-10-2-1-5-14-8-10/h1-5,7-8H,6,13H2,(H,16,17). The highest BCUT2D eigenvalue weighted by Crippen LogP contribution is 2.06. The van der Waals surface area contributed by atoms with Gasteiger partial charge in [0, 0.05) is 18.9 Å². The van der Waals surface area contributed by atoms with Crippen LogP contribution >= 0.6 is 0 Å². The molecule has 0 saturated carbocycles. The number of nitrogens with zero attached hydrogens (tertiary/aromatic N) is 2. The number of carbonyl (C=O) groups excluding carboxylic acids is 1. The third kappa shape index (κ3) is 2.85. The van der Waals surface area contributed by atoms with E-state index in [0.29, 0.717) is 17.9 Å². The van der Waals surface area contributed by atoms with Crippen molar-refractivity contribution in [2.24, 2.45) is 5.73 Å². The van der Waals surface area contributed by atoms with E-state index in [4.69, 9.17) is 5.73 Å². The fraction of sp³-hybridized carbons (Fsp3) is 0.0833. The molecule has 2 heterocycles. The van der Waals surface area contributed by atoms with E-state index < -0.39 is 0 Å². The molecular formula is C12H12N4O. The topological polar surface area (TPSA) is 80.9 Å². The largest absolute Gasteiger partial charge is 0.326 e. The Kier molecular flexibility index (Phi) is 3.42. The summed E-state index contributed by atoms with van der Waals surface area (Å²) in [6, 6.07) is 6.94. The van der Waals surface area contributed by atoms with Gasteiger partial charge in [-0.3, -0.25) is 14.8 Å². The molecule has 5 nitrogen and oxygen atoms in total. The molecule has 0 aliphatic rings. The Balaban J connectivity index is 2.09. The zero-order valence-corrected chi connectivity index (χ0v) is 9.13. The predicted molar refractivity (Wildman–Crippen MR) is 64.3 cm³/mol. The van der Waals surface area contributed by atoms with E-state index in [0.717, 1.165) is 5.56 Å². The van der Waals surface area contributed by atoms with Crippen LogP contribution in [0.2, 0.25) is 0 Å². The summed E-state index contributed by atoms with van der Waals surface area (Å²) in [4.78, 5) is 19.7. The lowest BCUT2D eigenvalue weighted by atomic mass is 10.2. The molecule has 2 rings (SSSR count). The highest BCUT2D eigenvalue weighted by molar-refractivity contribution is 6.02.